The maximum Gasteiger partial charge on any atom is 0.312 e. The van der Waals surface area contributed by atoms with Gasteiger partial charge < -0.3 is 18.9 Å². The second-order valence-electron chi connectivity index (χ2n) is 7.27. The van der Waals surface area contributed by atoms with Crippen LogP contribution in [0, 0.1) is 5.41 Å². The summed E-state index contributed by atoms with van der Waals surface area (Å²) in [4.78, 5) is 24.9. The molecule has 0 N–H and O–H groups in total. The van der Waals surface area contributed by atoms with Crippen LogP contribution in [0.1, 0.15) is 36.8 Å². The lowest BCUT2D eigenvalue weighted by molar-refractivity contribution is -0.155. The van der Waals surface area contributed by atoms with Crippen molar-refractivity contribution >= 4 is 22.7 Å². The van der Waals surface area contributed by atoms with Gasteiger partial charge in [0.2, 0.25) is 0 Å². The summed E-state index contributed by atoms with van der Waals surface area (Å²) in [7, 11) is 5.97. The molecule has 0 bridgehead atoms. The molecule has 0 spiro atoms. The van der Waals surface area contributed by atoms with Crippen molar-refractivity contribution in [1.82, 2.24) is 0 Å². The number of hydrogen-bond acceptors (Lipinski definition) is 6. The first kappa shape index (κ1) is 20.0. The van der Waals surface area contributed by atoms with Crippen LogP contribution in [0.5, 0.6) is 11.5 Å². The van der Waals surface area contributed by atoms with Gasteiger partial charge in [0.05, 0.1) is 40.3 Å². The highest BCUT2D eigenvalue weighted by atomic mass is 16.5. The molecular formula is C22H26O6. The van der Waals surface area contributed by atoms with Crippen LogP contribution in [0.4, 0.5) is 0 Å². The minimum absolute atomic E-state index is 0.0823. The number of carbonyl (C=O) groups is 2. The van der Waals surface area contributed by atoms with Gasteiger partial charge in [-0.3, -0.25) is 9.59 Å². The predicted molar refractivity (Wildman–Crippen MR) is 105 cm³/mol. The summed E-state index contributed by atoms with van der Waals surface area (Å²) in [5.41, 5.74) is 1.14. The maximum absolute atomic E-state index is 12.7. The van der Waals surface area contributed by atoms with E-state index >= 15 is 0 Å². The van der Waals surface area contributed by atoms with Crippen LogP contribution < -0.4 is 9.47 Å². The maximum atomic E-state index is 12.7. The zero-order valence-electron chi connectivity index (χ0n) is 17.0. The van der Waals surface area contributed by atoms with Gasteiger partial charge in [0.1, 0.15) is 11.5 Å². The van der Waals surface area contributed by atoms with Crippen molar-refractivity contribution in [1.29, 1.82) is 0 Å². The first-order valence-electron chi connectivity index (χ1n) is 9.23. The molecule has 2 aromatic rings. The van der Waals surface area contributed by atoms with Crippen molar-refractivity contribution in [3.63, 3.8) is 0 Å². The second kappa shape index (κ2) is 7.70. The van der Waals surface area contributed by atoms with Gasteiger partial charge in [-0.1, -0.05) is 12.1 Å². The second-order valence-corrected chi connectivity index (χ2v) is 7.27. The molecule has 150 valence electrons. The van der Waals surface area contributed by atoms with Gasteiger partial charge in [-0.2, -0.15) is 0 Å². The number of carbonyl (C=O) groups excluding carboxylic acids is 2. The zero-order valence-corrected chi connectivity index (χ0v) is 17.0. The quantitative estimate of drug-likeness (QED) is 0.731. The van der Waals surface area contributed by atoms with Crippen LogP contribution in [0.25, 0.3) is 10.8 Å². The van der Waals surface area contributed by atoms with E-state index in [4.69, 9.17) is 18.9 Å². The normalized spacial score (nSPS) is 21.0. The van der Waals surface area contributed by atoms with Crippen molar-refractivity contribution in [2.45, 2.75) is 32.1 Å². The van der Waals surface area contributed by atoms with Crippen molar-refractivity contribution in [3.05, 3.63) is 35.4 Å². The lowest BCUT2D eigenvalue weighted by Gasteiger charge is -2.40. The van der Waals surface area contributed by atoms with E-state index in [-0.39, 0.29) is 24.3 Å². The fourth-order valence-electron chi connectivity index (χ4n) is 4.38. The van der Waals surface area contributed by atoms with Gasteiger partial charge in [0.25, 0.3) is 0 Å². The fourth-order valence-corrected chi connectivity index (χ4v) is 4.38. The Hall–Kier alpha value is -2.76. The Balaban J connectivity index is 2.32. The monoisotopic (exact) mass is 386 g/mol. The Labute approximate surface area is 164 Å². The highest BCUT2D eigenvalue weighted by molar-refractivity contribution is 5.97. The average molecular weight is 386 g/mol. The summed E-state index contributed by atoms with van der Waals surface area (Å²) < 4.78 is 21.3. The molecule has 0 radical (unpaired) electrons. The van der Waals surface area contributed by atoms with E-state index in [0.29, 0.717) is 18.6 Å². The van der Waals surface area contributed by atoms with Crippen LogP contribution in [0.3, 0.4) is 0 Å². The van der Waals surface area contributed by atoms with E-state index in [2.05, 4.69) is 0 Å². The van der Waals surface area contributed by atoms with Crippen LogP contribution in [-0.4, -0.2) is 40.4 Å². The minimum atomic E-state index is -0.837. The Kier molecular flexibility index (Phi) is 5.49. The molecule has 0 unspecified atom stereocenters. The summed E-state index contributed by atoms with van der Waals surface area (Å²) in [6.07, 6.45) is 1.31. The molecule has 0 aliphatic heterocycles. The Bertz CT molecular complexity index is 919. The van der Waals surface area contributed by atoms with Crippen molar-refractivity contribution < 1.29 is 28.5 Å². The molecular weight excluding hydrogens is 360 g/mol. The number of benzene rings is 2. The largest absolute Gasteiger partial charge is 0.496 e. The minimum Gasteiger partial charge on any atom is -0.496 e. The summed E-state index contributed by atoms with van der Waals surface area (Å²) >= 11 is 0. The highest BCUT2D eigenvalue weighted by Crippen LogP contribution is 2.52. The topological polar surface area (TPSA) is 71.1 Å². The van der Waals surface area contributed by atoms with Crippen molar-refractivity contribution in [2.75, 3.05) is 28.4 Å². The molecule has 6 heteroatoms. The molecule has 1 aliphatic rings. The molecule has 6 nitrogen and oxygen atoms in total. The van der Waals surface area contributed by atoms with E-state index < -0.39 is 5.41 Å². The van der Waals surface area contributed by atoms with E-state index in [1.54, 1.807) is 14.2 Å². The van der Waals surface area contributed by atoms with Gasteiger partial charge >= 0.3 is 11.9 Å². The van der Waals surface area contributed by atoms with Crippen LogP contribution in [0.2, 0.25) is 0 Å². The number of ether oxygens (including phenoxy) is 4. The third-order valence-corrected chi connectivity index (χ3v) is 5.96. The number of methoxy groups -OCH3 is 4. The van der Waals surface area contributed by atoms with Crippen molar-refractivity contribution in [3.8, 4) is 11.5 Å². The molecule has 0 amide bonds. The molecule has 0 aromatic heterocycles. The summed E-state index contributed by atoms with van der Waals surface area (Å²) in [5.74, 6) is 0.334. The van der Waals surface area contributed by atoms with E-state index in [1.807, 2.05) is 31.2 Å². The molecule has 28 heavy (non-hydrogen) atoms. The summed E-state index contributed by atoms with van der Waals surface area (Å²) in [6, 6.07) is 7.75. The smallest absolute Gasteiger partial charge is 0.312 e. The summed E-state index contributed by atoms with van der Waals surface area (Å²) in [5, 5.41) is 1.90. The molecule has 0 fully saturated rings. The van der Waals surface area contributed by atoms with Gasteiger partial charge in [-0.15, -0.1) is 0 Å². The number of hydrogen-bond donors (Lipinski definition) is 0. The van der Waals surface area contributed by atoms with E-state index in [9.17, 15) is 9.59 Å². The van der Waals surface area contributed by atoms with Crippen molar-refractivity contribution in [2.24, 2.45) is 5.41 Å². The third kappa shape index (κ3) is 3.07. The number of esters is 2. The SMILES string of the molecule is COC(=O)C[C@@H]1c2cc(OC)c3cccc(OC)c3c2CC[C@]1(C)C(=O)OC. The van der Waals surface area contributed by atoms with Crippen LogP contribution >= 0.6 is 0 Å². The standard InChI is InChI=1S/C22H26O6/c1-22(21(24)28-5)10-9-13-15(16(22)12-19(23)27-4)11-18(26-3)14-7-6-8-17(25-2)20(13)14/h6-8,11,16H,9-10,12H2,1-5H3/t16-,22+/m1/s1. The highest BCUT2D eigenvalue weighted by Gasteiger charge is 2.48. The van der Waals surface area contributed by atoms with E-state index in [0.717, 1.165) is 27.6 Å². The van der Waals surface area contributed by atoms with Gasteiger partial charge in [-0.25, -0.2) is 0 Å². The number of aryl methyl sites for hydroxylation is 1. The Morgan fingerprint density at radius 3 is 2.39 bits per heavy atom. The molecule has 0 heterocycles. The number of rotatable bonds is 5. The molecule has 3 rings (SSSR count). The van der Waals surface area contributed by atoms with Gasteiger partial charge in [0.15, 0.2) is 0 Å². The van der Waals surface area contributed by atoms with Crippen LogP contribution in [-0.2, 0) is 25.5 Å². The lowest BCUT2D eigenvalue weighted by atomic mass is 9.63. The molecule has 2 atom stereocenters. The lowest BCUT2D eigenvalue weighted by Crippen LogP contribution is -2.40. The van der Waals surface area contributed by atoms with E-state index in [1.165, 1.54) is 14.2 Å². The Morgan fingerprint density at radius 1 is 1.07 bits per heavy atom. The molecule has 0 saturated heterocycles. The first-order valence-corrected chi connectivity index (χ1v) is 9.23. The fraction of sp³-hybridized carbons (Fsp3) is 0.455. The zero-order chi connectivity index (χ0) is 20.5. The van der Waals surface area contributed by atoms with Crippen LogP contribution in [0.15, 0.2) is 24.3 Å². The Morgan fingerprint density at radius 2 is 1.79 bits per heavy atom. The predicted octanol–water partition coefficient (Wildman–Crippen LogP) is 3.63. The first-order chi connectivity index (χ1) is 13.4. The molecule has 2 aromatic carbocycles. The van der Waals surface area contributed by atoms with Gasteiger partial charge in [0, 0.05) is 16.7 Å². The summed E-state index contributed by atoms with van der Waals surface area (Å²) in [6.45, 7) is 1.86. The van der Waals surface area contributed by atoms with Gasteiger partial charge in [-0.05, 0) is 43.0 Å². The number of fused-ring (bicyclic) bond motifs is 3. The molecule has 0 saturated carbocycles. The molecule has 1 aliphatic carbocycles. The average Bonchev–Trinajstić information content (AvgIpc) is 2.73. The third-order valence-electron chi connectivity index (χ3n) is 5.96.